The van der Waals surface area contributed by atoms with Crippen LogP contribution in [0.4, 0.5) is 5.69 Å². The average molecular weight is 195 g/mol. The number of thiophene rings is 1. The number of benzene rings is 1. The third-order valence-electron chi connectivity index (χ3n) is 1.77. The summed E-state index contributed by atoms with van der Waals surface area (Å²) in [5.41, 5.74) is 0.0443. The van der Waals surface area contributed by atoms with Crippen LogP contribution >= 0.6 is 11.3 Å². The first-order chi connectivity index (χ1) is 6.20. The molecule has 13 heavy (non-hydrogen) atoms. The molecule has 0 atom stereocenters. The molecular weight excluding hydrogens is 190 g/mol. The number of nitro benzene ring substituents is 1. The largest absolute Gasteiger partial charge is 0.507 e. The minimum Gasteiger partial charge on any atom is -0.507 e. The first-order valence-corrected chi connectivity index (χ1v) is 4.41. The van der Waals surface area contributed by atoms with Gasteiger partial charge >= 0.3 is 0 Å². The zero-order chi connectivity index (χ0) is 9.42. The monoisotopic (exact) mass is 195 g/mol. The lowest BCUT2D eigenvalue weighted by atomic mass is 10.2. The third-order valence-corrected chi connectivity index (χ3v) is 2.71. The lowest BCUT2D eigenvalue weighted by Gasteiger charge is -1.95. The van der Waals surface area contributed by atoms with Gasteiger partial charge in [0, 0.05) is 11.5 Å². The highest BCUT2D eigenvalue weighted by Crippen LogP contribution is 2.35. The molecule has 0 bridgehead atoms. The highest BCUT2D eigenvalue weighted by molar-refractivity contribution is 7.17. The zero-order valence-electron chi connectivity index (χ0n) is 6.43. The van der Waals surface area contributed by atoms with E-state index in [4.69, 9.17) is 0 Å². The maximum Gasteiger partial charge on any atom is 0.287 e. The molecule has 0 amide bonds. The van der Waals surface area contributed by atoms with Gasteiger partial charge in [0.1, 0.15) is 10.4 Å². The number of rotatable bonds is 1. The molecule has 0 aliphatic heterocycles. The predicted octanol–water partition coefficient (Wildman–Crippen LogP) is 2.52. The molecule has 5 heteroatoms. The number of hydrogen-bond acceptors (Lipinski definition) is 4. The molecule has 1 aromatic carbocycles. The number of nitrogens with zero attached hydrogens (tertiary/aromatic N) is 1. The predicted molar refractivity (Wildman–Crippen MR) is 50.1 cm³/mol. The first-order valence-electron chi connectivity index (χ1n) is 3.53. The Labute approximate surface area is 77.2 Å². The normalized spacial score (nSPS) is 10.5. The topological polar surface area (TPSA) is 63.4 Å². The molecule has 0 aliphatic carbocycles. The lowest BCUT2D eigenvalue weighted by molar-refractivity contribution is -0.382. The number of fused-ring (bicyclic) bond motifs is 1. The van der Waals surface area contributed by atoms with Gasteiger partial charge < -0.3 is 5.11 Å². The second-order valence-corrected chi connectivity index (χ2v) is 3.44. The molecule has 0 fully saturated rings. The minimum atomic E-state index is -0.446. The quantitative estimate of drug-likeness (QED) is 0.561. The molecule has 1 heterocycles. The molecule has 0 aliphatic rings. The Morgan fingerprint density at radius 2 is 2.15 bits per heavy atom. The van der Waals surface area contributed by atoms with Crippen LogP contribution in [0.3, 0.4) is 0 Å². The Morgan fingerprint density at radius 1 is 1.38 bits per heavy atom. The molecule has 1 N–H and O–H groups in total. The van der Waals surface area contributed by atoms with Crippen molar-refractivity contribution in [3.05, 3.63) is 33.7 Å². The molecule has 0 spiro atoms. The van der Waals surface area contributed by atoms with Crippen LogP contribution < -0.4 is 0 Å². The van der Waals surface area contributed by atoms with Crippen molar-refractivity contribution in [1.82, 2.24) is 0 Å². The van der Waals surface area contributed by atoms with Crippen molar-refractivity contribution in [3.63, 3.8) is 0 Å². The van der Waals surface area contributed by atoms with Gasteiger partial charge in [0.2, 0.25) is 0 Å². The fourth-order valence-electron chi connectivity index (χ4n) is 1.18. The average Bonchev–Trinajstić information content (AvgIpc) is 2.53. The van der Waals surface area contributed by atoms with Gasteiger partial charge in [-0.2, -0.15) is 0 Å². The van der Waals surface area contributed by atoms with Crippen molar-refractivity contribution >= 4 is 27.1 Å². The summed E-state index contributed by atoms with van der Waals surface area (Å²) in [4.78, 5) is 10.1. The molecule has 1 aromatic heterocycles. The fourth-order valence-corrected chi connectivity index (χ4v) is 2.08. The zero-order valence-corrected chi connectivity index (χ0v) is 7.25. The van der Waals surface area contributed by atoms with Gasteiger partial charge in [-0.1, -0.05) is 0 Å². The van der Waals surface area contributed by atoms with Gasteiger partial charge in [-0.05, 0) is 17.5 Å². The van der Waals surface area contributed by atoms with Gasteiger partial charge in [-0.25, -0.2) is 0 Å². The highest BCUT2D eigenvalue weighted by Gasteiger charge is 2.14. The van der Waals surface area contributed by atoms with Crippen LogP contribution in [0.2, 0.25) is 0 Å². The summed E-state index contributed by atoms with van der Waals surface area (Å²) < 4.78 is 0.519. The van der Waals surface area contributed by atoms with E-state index in [0.717, 1.165) is 0 Å². The third kappa shape index (κ3) is 1.13. The molecule has 66 valence electrons. The smallest absolute Gasteiger partial charge is 0.287 e. The van der Waals surface area contributed by atoms with Crippen LogP contribution in [0.1, 0.15) is 0 Å². The molecule has 4 nitrogen and oxygen atoms in total. The van der Waals surface area contributed by atoms with Gasteiger partial charge in [0.25, 0.3) is 5.69 Å². The van der Waals surface area contributed by atoms with E-state index in [1.807, 2.05) is 0 Å². The van der Waals surface area contributed by atoms with Crippen LogP contribution in [0.15, 0.2) is 23.6 Å². The van der Waals surface area contributed by atoms with E-state index in [2.05, 4.69) is 0 Å². The van der Waals surface area contributed by atoms with Crippen molar-refractivity contribution in [1.29, 1.82) is 0 Å². The van der Waals surface area contributed by atoms with Crippen LogP contribution in [-0.4, -0.2) is 10.0 Å². The Bertz CT molecular complexity index is 477. The van der Waals surface area contributed by atoms with Crippen LogP contribution in [-0.2, 0) is 0 Å². The van der Waals surface area contributed by atoms with E-state index in [1.54, 1.807) is 11.4 Å². The summed E-state index contributed by atoms with van der Waals surface area (Å²) in [6.07, 6.45) is 0. The molecular formula is C8H5NO3S. The minimum absolute atomic E-state index is 0.0443. The van der Waals surface area contributed by atoms with E-state index in [0.29, 0.717) is 10.1 Å². The Kier molecular flexibility index (Phi) is 1.66. The Hall–Kier alpha value is -1.62. The maximum atomic E-state index is 10.6. The number of phenolic OH excluding ortho intramolecular Hbond substituents is 1. The summed E-state index contributed by atoms with van der Waals surface area (Å²) in [7, 11) is 0. The molecule has 2 aromatic rings. The number of non-ortho nitro benzene ring substituents is 1. The van der Waals surface area contributed by atoms with Crippen molar-refractivity contribution < 1.29 is 10.0 Å². The number of hydrogen-bond donors (Lipinski definition) is 1. The van der Waals surface area contributed by atoms with E-state index in [-0.39, 0.29) is 11.4 Å². The van der Waals surface area contributed by atoms with Gasteiger partial charge in [0.05, 0.1) is 4.92 Å². The lowest BCUT2D eigenvalue weighted by Crippen LogP contribution is -1.86. The number of aromatic hydroxyl groups is 1. The van der Waals surface area contributed by atoms with Crippen molar-refractivity contribution in [2.45, 2.75) is 0 Å². The standard InChI is InChI=1S/C8H5NO3S/c10-7-2-1-6(9(11)12)8-5(7)3-4-13-8/h1-4,10H. The summed E-state index contributed by atoms with van der Waals surface area (Å²) in [6.45, 7) is 0. The molecule has 0 saturated heterocycles. The van der Waals surface area contributed by atoms with E-state index >= 15 is 0 Å². The Morgan fingerprint density at radius 3 is 2.85 bits per heavy atom. The van der Waals surface area contributed by atoms with Crippen LogP contribution in [0, 0.1) is 10.1 Å². The summed E-state index contributed by atoms with van der Waals surface area (Å²) >= 11 is 1.25. The Balaban J connectivity index is 2.86. The van der Waals surface area contributed by atoms with E-state index < -0.39 is 4.92 Å². The molecule has 2 rings (SSSR count). The van der Waals surface area contributed by atoms with Crippen molar-refractivity contribution in [3.8, 4) is 5.75 Å². The van der Waals surface area contributed by atoms with Crippen molar-refractivity contribution in [2.24, 2.45) is 0 Å². The van der Waals surface area contributed by atoms with E-state index in [9.17, 15) is 15.2 Å². The highest BCUT2D eigenvalue weighted by atomic mass is 32.1. The fraction of sp³-hybridized carbons (Fsp3) is 0. The summed E-state index contributed by atoms with van der Waals surface area (Å²) in [5.74, 6) is 0.0850. The summed E-state index contributed by atoms with van der Waals surface area (Å²) in [5, 5.41) is 22.2. The van der Waals surface area contributed by atoms with Gasteiger partial charge in [-0.3, -0.25) is 10.1 Å². The van der Waals surface area contributed by atoms with E-state index in [1.165, 1.54) is 23.5 Å². The number of phenols is 1. The van der Waals surface area contributed by atoms with Gasteiger partial charge in [-0.15, -0.1) is 11.3 Å². The second-order valence-electron chi connectivity index (χ2n) is 2.52. The molecule has 0 saturated carbocycles. The second kappa shape index (κ2) is 2.70. The van der Waals surface area contributed by atoms with Crippen LogP contribution in [0.25, 0.3) is 10.1 Å². The molecule has 0 radical (unpaired) electrons. The van der Waals surface area contributed by atoms with Crippen LogP contribution in [0.5, 0.6) is 5.75 Å². The molecule has 0 unspecified atom stereocenters. The summed E-state index contributed by atoms with van der Waals surface area (Å²) in [6, 6.07) is 4.32. The van der Waals surface area contributed by atoms with Gasteiger partial charge in [0.15, 0.2) is 0 Å². The van der Waals surface area contributed by atoms with Crippen molar-refractivity contribution in [2.75, 3.05) is 0 Å². The first kappa shape index (κ1) is 8.00. The maximum absolute atomic E-state index is 10.6. The SMILES string of the molecule is O=[N+]([O-])c1ccc(O)c2ccsc12. The number of nitro groups is 1.